The fraction of sp³-hybridized carbons (Fsp3) is 0.0667. The van der Waals surface area contributed by atoms with Crippen LogP contribution in [0.5, 0.6) is 17.2 Å². The van der Waals surface area contributed by atoms with E-state index in [1.165, 1.54) is 18.2 Å². The Hall–Kier alpha value is -2.20. The lowest BCUT2D eigenvalue weighted by molar-refractivity contribution is 0.368. The first-order valence-electron chi connectivity index (χ1n) is 5.92. The largest absolute Gasteiger partial charge is 0.504 e. The summed E-state index contributed by atoms with van der Waals surface area (Å²) in [5, 5.41) is 19.4. The molecule has 0 spiro atoms. The van der Waals surface area contributed by atoms with Gasteiger partial charge in [0, 0.05) is 12.0 Å². The number of rotatable bonds is 1. The fourth-order valence-corrected chi connectivity index (χ4v) is 2.30. The Kier molecular flexibility index (Phi) is 3.03. The van der Waals surface area contributed by atoms with Crippen molar-refractivity contribution in [1.82, 2.24) is 0 Å². The molecule has 102 valence electrons. The van der Waals surface area contributed by atoms with Crippen LogP contribution in [0, 0.1) is 5.82 Å². The topological polar surface area (TPSA) is 49.7 Å². The highest BCUT2D eigenvalue weighted by Gasteiger charge is 2.23. The van der Waals surface area contributed by atoms with Crippen LogP contribution in [0.2, 0.25) is 5.02 Å². The first-order chi connectivity index (χ1) is 9.54. The Balaban J connectivity index is 1.95. The smallest absolute Gasteiger partial charge is 0.201 e. The Bertz CT molecular complexity index is 725. The van der Waals surface area contributed by atoms with Gasteiger partial charge in [-0.05, 0) is 29.8 Å². The van der Waals surface area contributed by atoms with Gasteiger partial charge in [0.2, 0.25) is 5.75 Å². The maximum Gasteiger partial charge on any atom is 0.201 e. The third kappa shape index (κ3) is 2.18. The molecule has 2 aromatic rings. The second-order valence-electron chi connectivity index (χ2n) is 4.48. The molecule has 5 heteroatoms. The van der Waals surface area contributed by atoms with Gasteiger partial charge in [0.1, 0.15) is 11.6 Å². The Morgan fingerprint density at radius 2 is 2.00 bits per heavy atom. The molecule has 3 nitrogen and oxygen atoms in total. The Labute approximate surface area is 119 Å². The molecule has 20 heavy (non-hydrogen) atoms. The summed E-state index contributed by atoms with van der Waals surface area (Å²) in [5.41, 5.74) is 1.39. The summed E-state index contributed by atoms with van der Waals surface area (Å²) in [4.78, 5) is 0. The summed E-state index contributed by atoms with van der Waals surface area (Å²) in [6, 6.07) is 7.17. The Morgan fingerprint density at radius 1 is 1.20 bits per heavy atom. The van der Waals surface area contributed by atoms with E-state index in [0.717, 1.165) is 5.56 Å². The van der Waals surface area contributed by atoms with Crippen LogP contribution < -0.4 is 4.74 Å². The second-order valence-corrected chi connectivity index (χ2v) is 4.88. The molecule has 1 aliphatic rings. The maximum atomic E-state index is 13.0. The molecule has 0 atom stereocenters. The molecule has 0 aromatic heterocycles. The van der Waals surface area contributed by atoms with Crippen molar-refractivity contribution in [1.29, 1.82) is 0 Å². The van der Waals surface area contributed by atoms with E-state index in [-0.39, 0.29) is 22.3 Å². The predicted octanol–water partition coefficient (Wildman–Crippen LogP) is 3.87. The molecule has 0 radical (unpaired) electrons. The van der Waals surface area contributed by atoms with Crippen molar-refractivity contribution in [2.75, 3.05) is 0 Å². The van der Waals surface area contributed by atoms with Crippen LogP contribution in [0.4, 0.5) is 4.39 Å². The van der Waals surface area contributed by atoms with Crippen LogP contribution in [0.15, 0.2) is 36.1 Å². The standard InChI is InChI=1S/C15H10ClFO3/c16-12-7-10(17)3-1-8(12)5-11-6-9-2-4-13(18)14(19)15(9)20-11/h1-5,7,18-19H,6H2. The van der Waals surface area contributed by atoms with Gasteiger partial charge >= 0.3 is 0 Å². The fourth-order valence-electron chi connectivity index (χ4n) is 2.08. The minimum Gasteiger partial charge on any atom is -0.504 e. The number of ether oxygens (including phenoxy) is 1. The highest BCUT2D eigenvalue weighted by Crippen LogP contribution is 2.44. The lowest BCUT2D eigenvalue weighted by Crippen LogP contribution is -1.89. The van der Waals surface area contributed by atoms with E-state index < -0.39 is 5.82 Å². The van der Waals surface area contributed by atoms with Crippen LogP contribution in [-0.4, -0.2) is 10.2 Å². The van der Waals surface area contributed by atoms with E-state index in [1.54, 1.807) is 18.2 Å². The van der Waals surface area contributed by atoms with Gasteiger partial charge in [0.15, 0.2) is 11.5 Å². The average Bonchev–Trinajstić information content (AvgIpc) is 2.81. The van der Waals surface area contributed by atoms with Gasteiger partial charge in [0.05, 0.1) is 5.02 Å². The van der Waals surface area contributed by atoms with Crippen LogP contribution in [0.25, 0.3) is 6.08 Å². The number of fused-ring (bicyclic) bond motifs is 1. The van der Waals surface area contributed by atoms with Crippen molar-refractivity contribution in [3.8, 4) is 17.2 Å². The molecule has 3 rings (SSSR count). The number of phenolic OH excluding ortho intramolecular Hbond substituents is 2. The van der Waals surface area contributed by atoms with Crippen molar-refractivity contribution in [3.63, 3.8) is 0 Å². The number of phenols is 2. The number of hydrogen-bond donors (Lipinski definition) is 2. The van der Waals surface area contributed by atoms with Gasteiger partial charge < -0.3 is 14.9 Å². The molecular formula is C15H10ClFO3. The molecule has 1 heterocycles. The predicted molar refractivity (Wildman–Crippen MR) is 73.5 cm³/mol. The van der Waals surface area contributed by atoms with Gasteiger partial charge in [-0.1, -0.05) is 23.7 Å². The Morgan fingerprint density at radius 3 is 2.75 bits per heavy atom. The second kappa shape index (κ2) is 4.72. The van der Waals surface area contributed by atoms with Gasteiger partial charge in [-0.15, -0.1) is 0 Å². The van der Waals surface area contributed by atoms with E-state index in [1.807, 2.05) is 0 Å². The highest BCUT2D eigenvalue weighted by atomic mass is 35.5. The summed E-state index contributed by atoms with van der Waals surface area (Å²) < 4.78 is 18.5. The van der Waals surface area contributed by atoms with Crippen molar-refractivity contribution in [2.24, 2.45) is 0 Å². The summed E-state index contributed by atoms with van der Waals surface area (Å²) in [6.07, 6.45) is 2.15. The molecule has 0 aliphatic carbocycles. The van der Waals surface area contributed by atoms with Crippen molar-refractivity contribution in [2.45, 2.75) is 6.42 Å². The zero-order valence-corrected chi connectivity index (χ0v) is 11.0. The number of halogens is 2. The molecule has 0 saturated heterocycles. The molecule has 0 unspecified atom stereocenters. The molecule has 0 amide bonds. The lowest BCUT2D eigenvalue weighted by Gasteiger charge is -2.04. The molecule has 1 aliphatic heterocycles. The number of hydrogen-bond acceptors (Lipinski definition) is 3. The van der Waals surface area contributed by atoms with Gasteiger partial charge in [-0.2, -0.15) is 0 Å². The van der Waals surface area contributed by atoms with E-state index in [0.29, 0.717) is 17.7 Å². The summed E-state index contributed by atoms with van der Waals surface area (Å²) in [6.45, 7) is 0. The van der Waals surface area contributed by atoms with Crippen LogP contribution >= 0.6 is 11.6 Å². The summed E-state index contributed by atoms with van der Waals surface area (Å²) in [7, 11) is 0. The quantitative estimate of drug-likeness (QED) is 0.785. The lowest BCUT2D eigenvalue weighted by atomic mass is 10.1. The normalized spacial score (nSPS) is 15.2. The minimum absolute atomic E-state index is 0.232. The number of aromatic hydroxyl groups is 2. The first kappa shape index (κ1) is 12.8. The monoisotopic (exact) mass is 292 g/mol. The van der Waals surface area contributed by atoms with Gasteiger partial charge in [-0.3, -0.25) is 0 Å². The molecular weight excluding hydrogens is 283 g/mol. The molecule has 2 N–H and O–H groups in total. The van der Waals surface area contributed by atoms with Crippen LogP contribution in [-0.2, 0) is 6.42 Å². The van der Waals surface area contributed by atoms with E-state index in [4.69, 9.17) is 16.3 Å². The number of benzene rings is 2. The average molecular weight is 293 g/mol. The molecule has 0 fully saturated rings. The van der Waals surface area contributed by atoms with Gasteiger partial charge in [0.25, 0.3) is 0 Å². The van der Waals surface area contributed by atoms with Crippen molar-refractivity contribution >= 4 is 17.7 Å². The molecule has 0 bridgehead atoms. The molecule has 2 aromatic carbocycles. The van der Waals surface area contributed by atoms with E-state index in [9.17, 15) is 14.6 Å². The minimum atomic E-state index is -0.407. The van der Waals surface area contributed by atoms with E-state index >= 15 is 0 Å². The third-order valence-electron chi connectivity index (χ3n) is 3.07. The van der Waals surface area contributed by atoms with Gasteiger partial charge in [-0.25, -0.2) is 4.39 Å². The van der Waals surface area contributed by atoms with Crippen molar-refractivity contribution in [3.05, 3.63) is 58.1 Å². The summed E-state index contributed by atoms with van der Waals surface area (Å²) >= 11 is 5.95. The third-order valence-corrected chi connectivity index (χ3v) is 3.40. The zero-order valence-electron chi connectivity index (χ0n) is 10.2. The summed E-state index contributed by atoms with van der Waals surface area (Å²) in [5.74, 6) is -0.111. The first-order valence-corrected chi connectivity index (χ1v) is 6.29. The molecule has 0 saturated carbocycles. The zero-order chi connectivity index (χ0) is 14.3. The van der Waals surface area contributed by atoms with Crippen LogP contribution in [0.3, 0.4) is 0 Å². The SMILES string of the molecule is Oc1ccc2c(c1O)OC(=Cc1ccc(F)cc1Cl)C2. The van der Waals surface area contributed by atoms with Crippen LogP contribution in [0.1, 0.15) is 11.1 Å². The van der Waals surface area contributed by atoms with E-state index in [2.05, 4.69) is 0 Å². The number of allylic oxidation sites excluding steroid dienone is 1. The van der Waals surface area contributed by atoms with Crippen molar-refractivity contribution < 1.29 is 19.3 Å². The highest BCUT2D eigenvalue weighted by molar-refractivity contribution is 6.32. The maximum absolute atomic E-state index is 13.0.